The van der Waals surface area contributed by atoms with Gasteiger partial charge in [-0.3, -0.25) is 14.9 Å². The SMILES string of the molecule is CN(C)C(=O)[C@H]1COc2ccc([N+](=O)[O-])c(Cl)c2C1. The van der Waals surface area contributed by atoms with Gasteiger partial charge < -0.3 is 9.64 Å². The van der Waals surface area contributed by atoms with Crippen molar-refractivity contribution in [2.45, 2.75) is 6.42 Å². The number of carbonyl (C=O) groups is 1. The fraction of sp³-hybridized carbons (Fsp3) is 0.417. The van der Waals surface area contributed by atoms with Crippen LogP contribution in [0.4, 0.5) is 5.69 Å². The van der Waals surface area contributed by atoms with Gasteiger partial charge in [-0.2, -0.15) is 0 Å². The summed E-state index contributed by atoms with van der Waals surface area (Å²) < 4.78 is 5.47. The second-order valence-corrected chi connectivity index (χ2v) is 4.96. The number of halogens is 1. The zero-order valence-electron chi connectivity index (χ0n) is 10.6. The zero-order chi connectivity index (χ0) is 14.2. The van der Waals surface area contributed by atoms with Crippen LogP contribution < -0.4 is 4.74 Å². The summed E-state index contributed by atoms with van der Waals surface area (Å²) in [5, 5.41) is 10.9. The highest BCUT2D eigenvalue weighted by Gasteiger charge is 2.31. The lowest BCUT2D eigenvalue weighted by molar-refractivity contribution is -0.384. The molecule has 0 bridgehead atoms. The minimum absolute atomic E-state index is 0.0544. The van der Waals surface area contributed by atoms with E-state index in [2.05, 4.69) is 0 Å². The van der Waals surface area contributed by atoms with Crippen LogP contribution in [0.25, 0.3) is 0 Å². The number of nitro groups is 1. The molecule has 0 aromatic heterocycles. The van der Waals surface area contributed by atoms with Gasteiger partial charge >= 0.3 is 0 Å². The van der Waals surface area contributed by atoms with E-state index in [0.717, 1.165) is 0 Å². The van der Waals surface area contributed by atoms with Crippen molar-refractivity contribution in [3.63, 3.8) is 0 Å². The first kappa shape index (κ1) is 13.6. The maximum Gasteiger partial charge on any atom is 0.288 e. The molecular weight excluding hydrogens is 272 g/mol. The van der Waals surface area contributed by atoms with Gasteiger partial charge in [0.25, 0.3) is 5.69 Å². The molecule has 1 amide bonds. The van der Waals surface area contributed by atoms with Crippen LogP contribution >= 0.6 is 11.6 Å². The molecule has 7 heteroatoms. The summed E-state index contributed by atoms with van der Waals surface area (Å²) in [6.07, 6.45) is 0.354. The highest BCUT2D eigenvalue weighted by atomic mass is 35.5. The molecular formula is C12H13ClN2O4. The summed E-state index contributed by atoms with van der Waals surface area (Å²) in [7, 11) is 3.32. The van der Waals surface area contributed by atoms with E-state index in [1.807, 2.05) is 0 Å². The number of hydrogen-bond acceptors (Lipinski definition) is 4. The number of carbonyl (C=O) groups excluding carboxylic acids is 1. The molecule has 0 aliphatic carbocycles. The van der Waals surface area contributed by atoms with E-state index < -0.39 is 4.92 Å². The van der Waals surface area contributed by atoms with Crippen LogP contribution in [-0.2, 0) is 11.2 Å². The van der Waals surface area contributed by atoms with Gasteiger partial charge in [0.05, 0.1) is 10.8 Å². The van der Waals surface area contributed by atoms with Crippen LogP contribution in [0.1, 0.15) is 5.56 Å². The summed E-state index contributed by atoms with van der Waals surface area (Å²) in [5.74, 6) is 0.0774. The fourth-order valence-electron chi connectivity index (χ4n) is 2.08. The molecule has 0 fully saturated rings. The van der Waals surface area contributed by atoms with Crippen LogP contribution in [-0.4, -0.2) is 36.4 Å². The summed E-state index contributed by atoms with van der Waals surface area (Å²) >= 11 is 6.02. The zero-order valence-corrected chi connectivity index (χ0v) is 11.3. The summed E-state index contributed by atoms with van der Waals surface area (Å²) in [6.45, 7) is 0.262. The summed E-state index contributed by atoms with van der Waals surface area (Å²) in [4.78, 5) is 23.7. The number of hydrogen-bond donors (Lipinski definition) is 0. The third-order valence-electron chi connectivity index (χ3n) is 3.06. The van der Waals surface area contributed by atoms with Gasteiger partial charge in [-0.05, 0) is 12.5 Å². The minimum Gasteiger partial charge on any atom is -0.492 e. The molecule has 2 rings (SSSR count). The Bertz CT molecular complexity index is 545. The molecule has 0 saturated carbocycles. The number of nitrogens with zero attached hydrogens (tertiary/aromatic N) is 2. The van der Waals surface area contributed by atoms with Crippen LogP contribution in [0.3, 0.4) is 0 Å². The molecule has 102 valence electrons. The second-order valence-electron chi connectivity index (χ2n) is 4.58. The lowest BCUT2D eigenvalue weighted by atomic mass is 9.95. The Morgan fingerprint density at radius 2 is 2.21 bits per heavy atom. The molecule has 0 radical (unpaired) electrons. The Kier molecular flexibility index (Phi) is 3.61. The van der Waals surface area contributed by atoms with Gasteiger partial charge in [0.1, 0.15) is 17.4 Å². The molecule has 1 heterocycles. The maximum atomic E-state index is 11.9. The lowest BCUT2D eigenvalue weighted by Crippen LogP contribution is -2.36. The lowest BCUT2D eigenvalue weighted by Gasteiger charge is -2.27. The van der Waals surface area contributed by atoms with Crippen molar-refractivity contribution in [3.8, 4) is 5.75 Å². The molecule has 19 heavy (non-hydrogen) atoms. The Hall–Kier alpha value is -1.82. The first-order chi connectivity index (χ1) is 8.91. The van der Waals surface area contributed by atoms with E-state index in [-0.39, 0.29) is 29.1 Å². The Labute approximate surface area is 115 Å². The van der Waals surface area contributed by atoms with E-state index in [4.69, 9.17) is 16.3 Å². The highest BCUT2D eigenvalue weighted by Crippen LogP contribution is 2.38. The smallest absolute Gasteiger partial charge is 0.288 e. The van der Waals surface area contributed by atoms with Crippen molar-refractivity contribution in [1.29, 1.82) is 0 Å². The van der Waals surface area contributed by atoms with Crippen molar-refractivity contribution in [2.75, 3.05) is 20.7 Å². The van der Waals surface area contributed by atoms with Gasteiger partial charge in [0, 0.05) is 25.7 Å². The number of ether oxygens (including phenoxy) is 1. The molecule has 0 N–H and O–H groups in total. The minimum atomic E-state index is -0.542. The standard InChI is InChI=1S/C12H13ClN2O4/c1-14(2)12(16)7-5-8-10(19-6-7)4-3-9(11(8)13)15(17)18/h3-4,7H,5-6H2,1-2H3/t7-/m1/s1. The monoisotopic (exact) mass is 284 g/mol. The number of benzene rings is 1. The molecule has 0 saturated heterocycles. The fourth-order valence-corrected chi connectivity index (χ4v) is 2.38. The third-order valence-corrected chi connectivity index (χ3v) is 3.48. The molecule has 0 spiro atoms. The van der Waals surface area contributed by atoms with Crippen molar-refractivity contribution < 1.29 is 14.5 Å². The van der Waals surface area contributed by atoms with Gasteiger partial charge in [-0.15, -0.1) is 0 Å². The normalized spacial score (nSPS) is 17.3. The molecule has 1 aromatic rings. The molecule has 6 nitrogen and oxygen atoms in total. The average Bonchev–Trinajstić information content (AvgIpc) is 2.37. The quantitative estimate of drug-likeness (QED) is 0.614. The van der Waals surface area contributed by atoms with E-state index in [1.54, 1.807) is 14.1 Å². The second kappa shape index (κ2) is 5.05. The van der Waals surface area contributed by atoms with Crippen LogP contribution in [0, 0.1) is 16.0 Å². The molecule has 0 unspecified atom stereocenters. The Morgan fingerprint density at radius 3 is 2.79 bits per heavy atom. The average molecular weight is 285 g/mol. The van der Waals surface area contributed by atoms with E-state index in [9.17, 15) is 14.9 Å². The van der Waals surface area contributed by atoms with Crippen molar-refractivity contribution in [2.24, 2.45) is 5.92 Å². The number of nitro benzene ring substituents is 1. The highest BCUT2D eigenvalue weighted by molar-refractivity contribution is 6.33. The van der Waals surface area contributed by atoms with Crippen molar-refractivity contribution in [3.05, 3.63) is 32.8 Å². The number of fused-ring (bicyclic) bond motifs is 1. The predicted molar refractivity (Wildman–Crippen MR) is 69.5 cm³/mol. The number of amides is 1. The maximum absolute atomic E-state index is 11.9. The van der Waals surface area contributed by atoms with Crippen LogP contribution in [0.15, 0.2) is 12.1 Å². The van der Waals surface area contributed by atoms with Crippen molar-refractivity contribution >= 4 is 23.2 Å². The van der Waals surface area contributed by atoms with Crippen molar-refractivity contribution in [1.82, 2.24) is 4.90 Å². The van der Waals surface area contributed by atoms with E-state index in [1.165, 1.54) is 17.0 Å². The Balaban J connectivity index is 2.36. The molecule has 1 aliphatic rings. The summed E-state index contributed by atoms with van der Waals surface area (Å²) in [6, 6.07) is 2.84. The third kappa shape index (κ3) is 2.49. The topological polar surface area (TPSA) is 72.7 Å². The van der Waals surface area contributed by atoms with E-state index in [0.29, 0.717) is 17.7 Å². The summed E-state index contributed by atoms with van der Waals surface area (Å²) in [5.41, 5.74) is 0.365. The van der Waals surface area contributed by atoms with Gasteiger partial charge in [-0.1, -0.05) is 11.6 Å². The molecule has 1 atom stereocenters. The number of rotatable bonds is 2. The van der Waals surface area contributed by atoms with Gasteiger partial charge in [0.2, 0.25) is 5.91 Å². The first-order valence-corrected chi connectivity index (χ1v) is 6.09. The molecule has 1 aromatic carbocycles. The van der Waals surface area contributed by atoms with E-state index >= 15 is 0 Å². The predicted octanol–water partition coefficient (Wildman–Crippen LogP) is 1.89. The Morgan fingerprint density at radius 1 is 1.53 bits per heavy atom. The first-order valence-electron chi connectivity index (χ1n) is 5.71. The largest absolute Gasteiger partial charge is 0.492 e. The van der Waals surface area contributed by atoms with Gasteiger partial charge in [0.15, 0.2) is 0 Å². The van der Waals surface area contributed by atoms with Crippen LogP contribution in [0.5, 0.6) is 5.75 Å². The van der Waals surface area contributed by atoms with Gasteiger partial charge in [-0.25, -0.2) is 0 Å². The molecule has 1 aliphatic heterocycles. The van der Waals surface area contributed by atoms with Crippen LogP contribution in [0.2, 0.25) is 5.02 Å².